The zero-order valence-corrected chi connectivity index (χ0v) is 16.0. The molecule has 160 valence electrons. The molecule has 0 aromatic carbocycles. The molecular weight excluding hydrogens is 388 g/mol. The summed E-state index contributed by atoms with van der Waals surface area (Å²) in [5.74, 6) is -3.87. The number of nitrogens with zero attached hydrogens (tertiary/aromatic N) is 1. The molecular formula is C18H24N2O9. The summed E-state index contributed by atoms with van der Waals surface area (Å²) in [6.45, 7) is 3.27. The Bertz CT molecular complexity index is 729. The van der Waals surface area contributed by atoms with Gasteiger partial charge in [-0.25, -0.2) is 14.6 Å². The monoisotopic (exact) mass is 412 g/mol. The molecule has 0 aliphatic carbocycles. The first-order valence-corrected chi connectivity index (χ1v) is 9.00. The zero-order chi connectivity index (χ0) is 21.6. The number of aliphatic imine (C=N–C) groups is 1. The molecule has 0 spiro atoms. The third kappa shape index (κ3) is 6.38. The van der Waals surface area contributed by atoms with Crippen LogP contribution in [0.15, 0.2) is 28.8 Å². The Hall–Kier alpha value is -2.76. The average Bonchev–Trinajstić information content (AvgIpc) is 2.94. The van der Waals surface area contributed by atoms with Crippen LogP contribution in [0.2, 0.25) is 0 Å². The van der Waals surface area contributed by atoms with Gasteiger partial charge in [-0.1, -0.05) is 19.9 Å². The molecule has 1 fully saturated rings. The van der Waals surface area contributed by atoms with Gasteiger partial charge in [-0.3, -0.25) is 15.5 Å². The second kappa shape index (κ2) is 10.1. The van der Waals surface area contributed by atoms with Crippen molar-refractivity contribution in [2.45, 2.75) is 51.2 Å². The van der Waals surface area contributed by atoms with Crippen molar-refractivity contribution in [1.82, 2.24) is 5.48 Å². The first-order chi connectivity index (χ1) is 13.7. The number of carboxylic acids is 1. The average molecular weight is 412 g/mol. The number of aliphatic hydroxyl groups is 1. The first-order valence-electron chi connectivity index (χ1n) is 9.00. The quantitative estimate of drug-likeness (QED) is 0.208. The molecule has 0 aromatic heterocycles. The third-order valence-electron chi connectivity index (χ3n) is 4.24. The SMILES string of the molecule is CC(C)C(=O)OC[C@@H]1CC(OC(=O)C(=O)O)[C@H](/C=C2/CC=CC(NO)=NC2O)O1. The van der Waals surface area contributed by atoms with Crippen molar-refractivity contribution >= 4 is 23.7 Å². The maximum absolute atomic E-state index is 11.7. The standard InChI is InChI=1S/C18H24N2O9/c1-9(2)17(24)27-8-11-7-13(29-18(25)16(22)23)12(28-11)6-10-4-3-5-14(20-26)19-15(10)21/h3,5-6,9,11-13,15,21,26H,4,7-8H2,1-2H3,(H,19,20)(H,22,23)/b10-6-/t11-,12-,13?,15?/m0/s1. The number of aliphatic carboxylic acids is 1. The normalized spacial score (nSPS) is 28.0. The van der Waals surface area contributed by atoms with E-state index in [1.807, 2.05) is 5.48 Å². The first kappa shape index (κ1) is 22.5. The molecule has 11 nitrogen and oxygen atoms in total. The summed E-state index contributed by atoms with van der Waals surface area (Å²) >= 11 is 0. The van der Waals surface area contributed by atoms with Gasteiger partial charge in [-0.05, 0) is 24.1 Å². The number of carbonyl (C=O) groups excluding carboxylic acids is 2. The number of esters is 2. The van der Waals surface area contributed by atoms with Crippen LogP contribution in [0.1, 0.15) is 26.7 Å². The van der Waals surface area contributed by atoms with Gasteiger partial charge in [0.2, 0.25) is 0 Å². The molecule has 0 radical (unpaired) electrons. The van der Waals surface area contributed by atoms with Crippen LogP contribution in [0.4, 0.5) is 0 Å². The van der Waals surface area contributed by atoms with E-state index in [2.05, 4.69) is 4.99 Å². The fourth-order valence-electron chi connectivity index (χ4n) is 2.76. The van der Waals surface area contributed by atoms with Crippen molar-refractivity contribution in [3.8, 4) is 0 Å². The zero-order valence-electron chi connectivity index (χ0n) is 16.0. The summed E-state index contributed by atoms with van der Waals surface area (Å²) < 4.78 is 15.9. The summed E-state index contributed by atoms with van der Waals surface area (Å²) in [5.41, 5.74) is 2.24. The summed E-state index contributed by atoms with van der Waals surface area (Å²) in [6, 6.07) is 0. The molecule has 11 heteroatoms. The van der Waals surface area contributed by atoms with Crippen molar-refractivity contribution in [2.24, 2.45) is 10.9 Å². The molecule has 29 heavy (non-hydrogen) atoms. The van der Waals surface area contributed by atoms with E-state index in [9.17, 15) is 19.5 Å². The predicted octanol–water partition coefficient (Wildman–Crippen LogP) is -0.0785. The van der Waals surface area contributed by atoms with Gasteiger partial charge in [-0.15, -0.1) is 0 Å². The van der Waals surface area contributed by atoms with E-state index in [0.717, 1.165) is 0 Å². The van der Waals surface area contributed by atoms with E-state index in [0.29, 0.717) is 5.57 Å². The van der Waals surface area contributed by atoms with Crippen LogP contribution in [-0.4, -0.2) is 70.3 Å². The lowest BCUT2D eigenvalue weighted by atomic mass is 10.0. The van der Waals surface area contributed by atoms with Gasteiger partial charge in [0.05, 0.1) is 12.0 Å². The molecule has 4 N–H and O–H groups in total. The molecule has 2 rings (SSSR count). The highest BCUT2D eigenvalue weighted by molar-refractivity contribution is 6.28. The smallest absolute Gasteiger partial charge is 0.417 e. The second-order valence-corrected chi connectivity index (χ2v) is 6.84. The lowest BCUT2D eigenvalue weighted by molar-refractivity contribution is -0.168. The number of amidine groups is 1. The predicted molar refractivity (Wildman–Crippen MR) is 96.8 cm³/mol. The fourth-order valence-corrected chi connectivity index (χ4v) is 2.76. The summed E-state index contributed by atoms with van der Waals surface area (Å²) in [6.07, 6.45) is 1.22. The molecule has 2 heterocycles. The van der Waals surface area contributed by atoms with Crippen molar-refractivity contribution in [3.63, 3.8) is 0 Å². The number of nitrogens with one attached hydrogen (secondary N) is 1. The van der Waals surface area contributed by atoms with E-state index >= 15 is 0 Å². The lowest BCUT2D eigenvalue weighted by Crippen LogP contribution is -2.30. The largest absolute Gasteiger partial charge is 0.473 e. The van der Waals surface area contributed by atoms with Crippen LogP contribution in [0, 0.1) is 5.92 Å². The van der Waals surface area contributed by atoms with Crippen LogP contribution >= 0.6 is 0 Å². The van der Waals surface area contributed by atoms with E-state index in [-0.39, 0.29) is 31.2 Å². The maximum atomic E-state index is 11.7. The minimum Gasteiger partial charge on any atom is -0.473 e. The van der Waals surface area contributed by atoms with Crippen molar-refractivity contribution in [3.05, 3.63) is 23.8 Å². The number of rotatable bonds is 5. The summed E-state index contributed by atoms with van der Waals surface area (Å²) in [4.78, 5) is 37.8. The van der Waals surface area contributed by atoms with E-state index < -0.39 is 42.4 Å². The Morgan fingerprint density at radius 2 is 2.14 bits per heavy atom. The van der Waals surface area contributed by atoms with Gasteiger partial charge in [0.1, 0.15) is 24.7 Å². The van der Waals surface area contributed by atoms with Crippen LogP contribution in [0.3, 0.4) is 0 Å². The maximum Gasteiger partial charge on any atom is 0.417 e. The molecule has 2 aliphatic heterocycles. The molecule has 4 atom stereocenters. The summed E-state index contributed by atoms with van der Waals surface area (Å²) in [7, 11) is 0. The molecule has 0 amide bonds. The van der Waals surface area contributed by atoms with Gasteiger partial charge in [0.25, 0.3) is 0 Å². The van der Waals surface area contributed by atoms with Crippen LogP contribution in [0.5, 0.6) is 0 Å². The lowest BCUT2D eigenvalue weighted by Gasteiger charge is -2.17. The minimum atomic E-state index is -1.74. The number of allylic oxidation sites excluding steroid dienone is 1. The van der Waals surface area contributed by atoms with E-state index in [1.165, 1.54) is 12.2 Å². The number of hydrogen-bond acceptors (Lipinski definition) is 10. The highest BCUT2D eigenvalue weighted by Gasteiger charge is 2.39. The van der Waals surface area contributed by atoms with Gasteiger partial charge in [0, 0.05) is 6.42 Å². The number of carboxylic acid groups (broad SMARTS) is 1. The Labute approximate surface area is 166 Å². The van der Waals surface area contributed by atoms with Gasteiger partial charge in [0.15, 0.2) is 6.23 Å². The number of hydrogen-bond donors (Lipinski definition) is 4. The molecule has 2 aliphatic rings. The fraction of sp³-hybridized carbons (Fsp3) is 0.556. The van der Waals surface area contributed by atoms with Crippen molar-refractivity contribution in [2.75, 3.05) is 6.61 Å². The Morgan fingerprint density at radius 3 is 2.76 bits per heavy atom. The van der Waals surface area contributed by atoms with Crippen LogP contribution < -0.4 is 5.48 Å². The van der Waals surface area contributed by atoms with Gasteiger partial charge >= 0.3 is 17.9 Å². The number of ether oxygens (including phenoxy) is 3. The highest BCUT2D eigenvalue weighted by atomic mass is 16.6. The van der Waals surface area contributed by atoms with E-state index in [4.69, 9.17) is 24.5 Å². The second-order valence-electron chi connectivity index (χ2n) is 6.84. The summed E-state index contributed by atoms with van der Waals surface area (Å²) in [5, 5.41) is 27.9. The Morgan fingerprint density at radius 1 is 1.41 bits per heavy atom. The third-order valence-corrected chi connectivity index (χ3v) is 4.24. The molecule has 1 saturated heterocycles. The Kier molecular flexibility index (Phi) is 7.88. The molecule has 0 bridgehead atoms. The molecule has 0 saturated carbocycles. The van der Waals surface area contributed by atoms with E-state index in [1.54, 1.807) is 19.9 Å². The van der Waals surface area contributed by atoms with Crippen LogP contribution in [-0.2, 0) is 28.6 Å². The number of aliphatic hydroxyl groups excluding tert-OH is 1. The van der Waals surface area contributed by atoms with Gasteiger partial charge in [-0.2, -0.15) is 0 Å². The topological polar surface area (TPSA) is 164 Å². The van der Waals surface area contributed by atoms with Crippen molar-refractivity contribution in [1.29, 1.82) is 0 Å². The van der Waals surface area contributed by atoms with Crippen molar-refractivity contribution < 1.29 is 44.0 Å². The highest BCUT2D eigenvalue weighted by Crippen LogP contribution is 2.28. The van der Waals surface area contributed by atoms with Crippen LogP contribution in [0.25, 0.3) is 0 Å². The minimum absolute atomic E-state index is 0.0561. The number of hydroxylamine groups is 1. The number of carbonyl (C=O) groups is 3. The van der Waals surface area contributed by atoms with Gasteiger partial charge < -0.3 is 24.4 Å². The Balaban J connectivity index is 2.15. The molecule has 0 aromatic rings. The molecule has 2 unspecified atom stereocenters.